The van der Waals surface area contributed by atoms with Crippen LogP contribution in [0.15, 0.2) is 24.3 Å². The van der Waals surface area contributed by atoms with Gasteiger partial charge in [-0.3, -0.25) is 4.79 Å². The first-order chi connectivity index (χ1) is 14.6. The van der Waals surface area contributed by atoms with Crippen LogP contribution in [-0.2, 0) is 16.6 Å². The van der Waals surface area contributed by atoms with E-state index in [9.17, 15) is 9.90 Å². The van der Waals surface area contributed by atoms with Gasteiger partial charge in [-0.25, -0.2) is 0 Å². The number of carbonyl (C=O) groups is 1. The van der Waals surface area contributed by atoms with Crippen LogP contribution in [0.5, 0.6) is 0 Å². The van der Waals surface area contributed by atoms with E-state index in [1.54, 1.807) is 5.56 Å². The highest BCUT2D eigenvalue weighted by Crippen LogP contribution is 2.49. The number of hydrogen-bond donors (Lipinski definition) is 1. The highest BCUT2D eigenvalue weighted by molar-refractivity contribution is 5.69. The van der Waals surface area contributed by atoms with Gasteiger partial charge in [-0.15, -0.1) is 0 Å². The van der Waals surface area contributed by atoms with E-state index in [-0.39, 0.29) is 5.92 Å². The third-order valence-corrected chi connectivity index (χ3v) is 8.42. The summed E-state index contributed by atoms with van der Waals surface area (Å²) in [6, 6.07) is 9.71. The molecule has 3 rings (SSSR count). The lowest BCUT2D eigenvalue weighted by molar-refractivity contribution is -0.143. The summed E-state index contributed by atoms with van der Waals surface area (Å²) in [5.41, 5.74) is 3.47. The predicted octanol–water partition coefficient (Wildman–Crippen LogP) is 7.93. The van der Waals surface area contributed by atoms with Gasteiger partial charge in [-0.05, 0) is 99.0 Å². The summed E-state index contributed by atoms with van der Waals surface area (Å²) in [6.07, 6.45) is 18.5. The van der Waals surface area contributed by atoms with Crippen molar-refractivity contribution in [3.8, 4) is 0 Å². The Labute approximate surface area is 184 Å². The van der Waals surface area contributed by atoms with Crippen molar-refractivity contribution in [1.29, 1.82) is 0 Å². The number of carboxylic acids is 1. The van der Waals surface area contributed by atoms with E-state index in [1.165, 1.54) is 76.2 Å². The molecule has 2 nitrogen and oxygen atoms in total. The second kappa shape index (κ2) is 11.3. The standard InChI is InChI=1S/C28H44O2/c1-3-5-7-8-22-9-15-26(16-10-22)28(19-6-4-2)20-17-24(18-21-28)23-11-13-25(14-12-23)27(29)30/h9-10,15-16,23-25H,3-8,11-14,17-21H2,1-2H3,(H,29,30)/t23-,24-,25-,28+. The number of benzene rings is 1. The Morgan fingerprint density at radius 2 is 1.47 bits per heavy atom. The van der Waals surface area contributed by atoms with Crippen LogP contribution in [0, 0.1) is 17.8 Å². The van der Waals surface area contributed by atoms with Crippen molar-refractivity contribution in [3.63, 3.8) is 0 Å². The van der Waals surface area contributed by atoms with Gasteiger partial charge in [-0.1, -0.05) is 63.8 Å². The van der Waals surface area contributed by atoms with Crippen LogP contribution in [0.25, 0.3) is 0 Å². The van der Waals surface area contributed by atoms with E-state index in [4.69, 9.17) is 0 Å². The molecule has 1 aromatic rings. The van der Waals surface area contributed by atoms with Gasteiger partial charge in [0.1, 0.15) is 0 Å². The molecule has 0 heterocycles. The predicted molar refractivity (Wildman–Crippen MR) is 126 cm³/mol. The van der Waals surface area contributed by atoms with Crippen LogP contribution >= 0.6 is 0 Å². The Bertz CT molecular complexity index is 631. The zero-order chi connectivity index (χ0) is 21.4. The number of aliphatic carboxylic acids is 1. The highest BCUT2D eigenvalue weighted by atomic mass is 16.4. The molecule has 0 radical (unpaired) electrons. The van der Waals surface area contributed by atoms with Crippen LogP contribution in [0.4, 0.5) is 0 Å². The van der Waals surface area contributed by atoms with E-state index in [2.05, 4.69) is 38.1 Å². The van der Waals surface area contributed by atoms with Crippen LogP contribution in [-0.4, -0.2) is 11.1 Å². The topological polar surface area (TPSA) is 37.3 Å². The molecule has 0 atom stereocenters. The lowest BCUT2D eigenvalue weighted by Crippen LogP contribution is -2.35. The highest BCUT2D eigenvalue weighted by Gasteiger charge is 2.39. The summed E-state index contributed by atoms with van der Waals surface area (Å²) >= 11 is 0. The average Bonchev–Trinajstić information content (AvgIpc) is 2.79. The molecule has 1 aromatic carbocycles. The lowest BCUT2D eigenvalue weighted by atomic mass is 9.61. The van der Waals surface area contributed by atoms with Gasteiger partial charge in [0.15, 0.2) is 0 Å². The second-order valence-electron chi connectivity index (χ2n) is 10.3. The first-order valence-electron chi connectivity index (χ1n) is 12.9. The second-order valence-corrected chi connectivity index (χ2v) is 10.3. The average molecular weight is 413 g/mol. The number of unbranched alkanes of at least 4 members (excludes halogenated alkanes) is 3. The van der Waals surface area contributed by atoms with E-state index in [1.807, 2.05) is 0 Å². The van der Waals surface area contributed by atoms with Gasteiger partial charge >= 0.3 is 5.97 Å². The Morgan fingerprint density at radius 3 is 2.03 bits per heavy atom. The van der Waals surface area contributed by atoms with E-state index in [0.717, 1.165) is 37.5 Å². The van der Waals surface area contributed by atoms with Crippen LogP contribution < -0.4 is 0 Å². The van der Waals surface area contributed by atoms with Crippen LogP contribution in [0.2, 0.25) is 0 Å². The maximum absolute atomic E-state index is 11.3. The molecule has 30 heavy (non-hydrogen) atoms. The number of aryl methyl sites for hydroxylation is 1. The van der Waals surface area contributed by atoms with E-state index in [0.29, 0.717) is 5.41 Å². The van der Waals surface area contributed by atoms with E-state index >= 15 is 0 Å². The summed E-state index contributed by atoms with van der Waals surface area (Å²) < 4.78 is 0. The fourth-order valence-corrected chi connectivity index (χ4v) is 6.30. The molecular weight excluding hydrogens is 368 g/mol. The van der Waals surface area contributed by atoms with Gasteiger partial charge in [0.2, 0.25) is 0 Å². The van der Waals surface area contributed by atoms with E-state index < -0.39 is 5.97 Å². The number of carboxylic acid groups (broad SMARTS) is 1. The molecule has 0 amide bonds. The van der Waals surface area contributed by atoms with Gasteiger partial charge in [0, 0.05) is 0 Å². The zero-order valence-corrected chi connectivity index (χ0v) is 19.5. The first kappa shape index (κ1) is 23.4. The lowest BCUT2D eigenvalue weighted by Gasteiger charge is -2.44. The van der Waals surface area contributed by atoms with Crippen LogP contribution in [0.3, 0.4) is 0 Å². The number of rotatable bonds is 10. The van der Waals surface area contributed by atoms with Crippen molar-refractivity contribution in [1.82, 2.24) is 0 Å². The molecule has 0 bridgehead atoms. The Hall–Kier alpha value is -1.31. The molecule has 2 aliphatic rings. The van der Waals surface area contributed by atoms with Gasteiger partial charge in [0.25, 0.3) is 0 Å². The summed E-state index contributed by atoms with van der Waals surface area (Å²) in [5, 5.41) is 9.29. The molecular formula is C28H44O2. The molecule has 0 spiro atoms. The summed E-state index contributed by atoms with van der Waals surface area (Å²) in [7, 11) is 0. The molecule has 0 unspecified atom stereocenters. The molecule has 168 valence electrons. The maximum Gasteiger partial charge on any atom is 0.306 e. The smallest absolute Gasteiger partial charge is 0.306 e. The molecule has 1 N–H and O–H groups in total. The minimum Gasteiger partial charge on any atom is -0.481 e. The van der Waals surface area contributed by atoms with Crippen LogP contribution in [0.1, 0.15) is 115 Å². The summed E-state index contributed by atoms with van der Waals surface area (Å²) in [5.74, 6) is 0.937. The van der Waals surface area contributed by atoms with Crippen molar-refractivity contribution in [2.45, 2.75) is 116 Å². The third-order valence-electron chi connectivity index (χ3n) is 8.42. The van der Waals surface area contributed by atoms with Crippen molar-refractivity contribution >= 4 is 5.97 Å². The first-order valence-corrected chi connectivity index (χ1v) is 12.9. The molecule has 0 aliphatic heterocycles. The van der Waals surface area contributed by atoms with Crippen molar-refractivity contribution < 1.29 is 9.90 Å². The summed E-state index contributed by atoms with van der Waals surface area (Å²) in [4.78, 5) is 11.3. The minimum atomic E-state index is -0.575. The molecule has 2 saturated carbocycles. The van der Waals surface area contributed by atoms with Gasteiger partial charge < -0.3 is 5.11 Å². The molecule has 0 aromatic heterocycles. The quantitative estimate of drug-likeness (QED) is 0.396. The zero-order valence-electron chi connectivity index (χ0n) is 19.5. The van der Waals surface area contributed by atoms with Crippen molar-refractivity contribution in [3.05, 3.63) is 35.4 Å². The number of hydrogen-bond acceptors (Lipinski definition) is 1. The fourth-order valence-electron chi connectivity index (χ4n) is 6.30. The Kier molecular flexibility index (Phi) is 8.84. The molecule has 2 fully saturated rings. The third kappa shape index (κ3) is 5.89. The Morgan fingerprint density at radius 1 is 0.867 bits per heavy atom. The minimum absolute atomic E-state index is 0.0793. The summed E-state index contributed by atoms with van der Waals surface area (Å²) in [6.45, 7) is 4.59. The molecule has 2 aliphatic carbocycles. The van der Waals surface area contributed by atoms with Crippen molar-refractivity contribution in [2.24, 2.45) is 17.8 Å². The van der Waals surface area contributed by atoms with Crippen molar-refractivity contribution in [2.75, 3.05) is 0 Å². The van der Waals surface area contributed by atoms with Gasteiger partial charge in [-0.2, -0.15) is 0 Å². The fraction of sp³-hybridized carbons (Fsp3) is 0.750. The largest absolute Gasteiger partial charge is 0.481 e. The van der Waals surface area contributed by atoms with Gasteiger partial charge in [0.05, 0.1) is 5.92 Å². The molecule has 2 heteroatoms. The molecule has 0 saturated heterocycles. The SMILES string of the molecule is CCCCCc1ccc([C@]2(CCCC)CC[C@H]([C@H]3CC[C@H](C(=O)O)CC3)CC2)cc1. The Balaban J connectivity index is 1.61. The normalized spacial score (nSPS) is 29.6. The monoisotopic (exact) mass is 412 g/mol. The maximum atomic E-state index is 11.3.